The van der Waals surface area contributed by atoms with Crippen molar-refractivity contribution >= 4 is 0 Å². The summed E-state index contributed by atoms with van der Waals surface area (Å²) in [6, 6.07) is 0. The summed E-state index contributed by atoms with van der Waals surface area (Å²) in [5.74, 6) is 0. The topological polar surface area (TPSA) is 80.9 Å². The molecule has 0 aliphatic rings. The first-order chi connectivity index (χ1) is 5.95. The molecule has 0 amide bonds. The lowest BCUT2D eigenvalue weighted by atomic mass is 10.1. The van der Waals surface area contributed by atoms with E-state index in [0.717, 1.165) is 6.42 Å². The fourth-order valence-electron chi connectivity index (χ4n) is 0.537. The molecule has 82 valence electrons. The Kier molecular flexibility index (Phi) is 11.7. The molecule has 0 saturated heterocycles. The van der Waals surface area contributed by atoms with Gasteiger partial charge in [-0.05, 0) is 20.3 Å². The van der Waals surface area contributed by atoms with Crippen LogP contribution in [0.25, 0.3) is 0 Å². The van der Waals surface area contributed by atoms with Crippen LogP contribution in [0.5, 0.6) is 0 Å². The molecule has 0 aromatic carbocycles. The lowest BCUT2D eigenvalue weighted by Crippen LogP contribution is -2.21. The van der Waals surface area contributed by atoms with Crippen molar-refractivity contribution in [2.24, 2.45) is 0 Å². The molecular weight excluding hydrogens is 172 g/mol. The molecule has 0 spiro atoms. The van der Waals surface area contributed by atoms with Gasteiger partial charge in [0.05, 0.1) is 24.9 Å². The van der Waals surface area contributed by atoms with Crippen LogP contribution in [0.3, 0.4) is 0 Å². The average Bonchev–Trinajstić information content (AvgIpc) is 2.06. The van der Waals surface area contributed by atoms with E-state index in [1.165, 1.54) is 6.92 Å². The molecule has 4 nitrogen and oxygen atoms in total. The van der Waals surface area contributed by atoms with Crippen molar-refractivity contribution in [1.29, 1.82) is 0 Å². The maximum absolute atomic E-state index is 8.88. The zero-order chi connectivity index (χ0) is 10.9. The van der Waals surface area contributed by atoms with Crippen molar-refractivity contribution in [3.05, 3.63) is 0 Å². The standard InChI is InChI=1S/C6H14O2.C3H8O2/c1-3-4-6(8)5(2)7;1-3(5)2-4/h5-8H,3-4H2,1-2H3;3-5H,2H2,1H3. The molecule has 0 aromatic rings. The zero-order valence-electron chi connectivity index (χ0n) is 8.64. The van der Waals surface area contributed by atoms with Gasteiger partial charge in [-0.3, -0.25) is 0 Å². The number of hydrogen-bond acceptors (Lipinski definition) is 4. The molecule has 0 saturated carbocycles. The third-order valence-corrected chi connectivity index (χ3v) is 1.41. The normalized spacial score (nSPS) is 16.8. The predicted octanol–water partition coefficient (Wildman–Crippen LogP) is -0.112. The molecule has 0 rings (SSSR count). The molecule has 0 aromatic heterocycles. The Morgan fingerprint density at radius 2 is 1.46 bits per heavy atom. The fraction of sp³-hybridized carbons (Fsp3) is 1.00. The van der Waals surface area contributed by atoms with Gasteiger partial charge in [-0.1, -0.05) is 13.3 Å². The predicted molar refractivity (Wildman–Crippen MR) is 51.4 cm³/mol. The zero-order valence-corrected chi connectivity index (χ0v) is 8.64. The van der Waals surface area contributed by atoms with Gasteiger partial charge in [0, 0.05) is 0 Å². The van der Waals surface area contributed by atoms with Crippen LogP contribution >= 0.6 is 0 Å². The van der Waals surface area contributed by atoms with E-state index in [-0.39, 0.29) is 6.61 Å². The molecule has 0 fully saturated rings. The lowest BCUT2D eigenvalue weighted by molar-refractivity contribution is 0.0259. The van der Waals surface area contributed by atoms with Crippen LogP contribution in [0, 0.1) is 0 Å². The first-order valence-corrected chi connectivity index (χ1v) is 4.60. The largest absolute Gasteiger partial charge is 0.394 e. The second-order valence-corrected chi connectivity index (χ2v) is 3.13. The van der Waals surface area contributed by atoms with Crippen LogP contribution in [-0.4, -0.2) is 45.3 Å². The van der Waals surface area contributed by atoms with E-state index in [1.54, 1.807) is 6.92 Å². The molecule has 0 aliphatic heterocycles. The third kappa shape index (κ3) is 14.7. The van der Waals surface area contributed by atoms with E-state index >= 15 is 0 Å². The molecule has 3 unspecified atom stereocenters. The van der Waals surface area contributed by atoms with E-state index < -0.39 is 18.3 Å². The van der Waals surface area contributed by atoms with Gasteiger partial charge in [0.1, 0.15) is 0 Å². The number of aliphatic hydroxyl groups is 4. The van der Waals surface area contributed by atoms with Crippen molar-refractivity contribution in [3.63, 3.8) is 0 Å². The van der Waals surface area contributed by atoms with Crippen LogP contribution in [0.4, 0.5) is 0 Å². The van der Waals surface area contributed by atoms with Gasteiger partial charge in [0.25, 0.3) is 0 Å². The highest BCUT2D eigenvalue weighted by Crippen LogP contribution is 1.99. The molecule has 0 aliphatic carbocycles. The molecule has 0 radical (unpaired) electrons. The second kappa shape index (κ2) is 9.92. The molecule has 4 N–H and O–H groups in total. The number of rotatable bonds is 4. The second-order valence-electron chi connectivity index (χ2n) is 3.13. The summed E-state index contributed by atoms with van der Waals surface area (Å²) in [5.41, 5.74) is 0. The van der Waals surface area contributed by atoms with Gasteiger partial charge < -0.3 is 20.4 Å². The van der Waals surface area contributed by atoms with Gasteiger partial charge in [0.15, 0.2) is 0 Å². The van der Waals surface area contributed by atoms with Crippen LogP contribution in [0.1, 0.15) is 33.6 Å². The molecule has 0 bridgehead atoms. The van der Waals surface area contributed by atoms with Crippen molar-refractivity contribution in [2.75, 3.05) is 6.61 Å². The summed E-state index contributed by atoms with van der Waals surface area (Å²) in [7, 11) is 0. The molecule has 4 heteroatoms. The van der Waals surface area contributed by atoms with Crippen molar-refractivity contribution in [3.8, 4) is 0 Å². The SMILES string of the molecule is CC(O)CO.CCCC(O)C(C)O. The highest BCUT2D eigenvalue weighted by Gasteiger charge is 2.07. The summed E-state index contributed by atoms with van der Waals surface area (Å²) in [6.45, 7) is 4.96. The molecule has 3 atom stereocenters. The highest BCUT2D eigenvalue weighted by atomic mass is 16.3. The van der Waals surface area contributed by atoms with Gasteiger partial charge in [-0.15, -0.1) is 0 Å². The van der Waals surface area contributed by atoms with Crippen LogP contribution in [0.2, 0.25) is 0 Å². The Balaban J connectivity index is 0. The number of hydrogen-bond donors (Lipinski definition) is 4. The number of aliphatic hydroxyl groups excluding tert-OH is 4. The van der Waals surface area contributed by atoms with E-state index in [9.17, 15) is 0 Å². The van der Waals surface area contributed by atoms with Gasteiger partial charge in [-0.25, -0.2) is 0 Å². The summed E-state index contributed by atoms with van der Waals surface area (Å²) in [5, 5.41) is 33.6. The van der Waals surface area contributed by atoms with Gasteiger partial charge in [-0.2, -0.15) is 0 Å². The minimum Gasteiger partial charge on any atom is -0.394 e. The van der Waals surface area contributed by atoms with E-state index in [0.29, 0.717) is 6.42 Å². The lowest BCUT2D eigenvalue weighted by Gasteiger charge is -2.10. The van der Waals surface area contributed by atoms with Crippen molar-refractivity contribution < 1.29 is 20.4 Å². The van der Waals surface area contributed by atoms with Crippen molar-refractivity contribution in [1.82, 2.24) is 0 Å². The highest BCUT2D eigenvalue weighted by molar-refractivity contribution is 4.59. The summed E-state index contributed by atoms with van der Waals surface area (Å²) < 4.78 is 0. The molecule has 0 heterocycles. The maximum Gasteiger partial charge on any atom is 0.0796 e. The quantitative estimate of drug-likeness (QED) is 0.503. The smallest absolute Gasteiger partial charge is 0.0796 e. The van der Waals surface area contributed by atoms with Gasteiger partial charge >= 0.3 is 0 Å². The summed E-state index contributed by atoms with van der Waals surface area (Å²) in [6.07, 6.45) is -0.0473. The van der Waals surface area contributed by atoms with E-state index in [4.69, 9.17) is 20.4 Å². The average molecular weight is 194 g/mol. The maximum atomic E-state index is 8.88. The van der Waals surface area contributed by atoms with E-state index in [2.05, 4.69) is 0 Å². The van der Waals surface area contributed by atoms with Crippen LogP contribution in [-0.2, 0) is 0 Å². The van der Waals surface area contributed by atoms with E-state index in [1.807, 2.05) is 6.92 Å². The summed E-state index contributed by atoms with van der Waals surface area (Å²) >= 11 is 0. The monoisotopic (exact) mass is 194 g/mol. The Morgan fingerprint density at radius 3 is 1.54 bits per heavy atom. The molecule has 13 heavy (non-hydrogen) atoms. The first kappa shape index (κ1) is 15.3. The fourth-order valence-corrected chi connectivity index (χ4v) is 0.537. The minimum atomic E-state index is -0.574. The Hall–Kier alpha value is -0.160. The van der Waals surface area contributed by atoms with Crippen LogP contribution < -0.4 is 0 Å². The third-order valence-electron chi connectivity index (χ3n) is 1.41. The molecular formula is C9H22O4. The van der Waals surface area contributed by atoms with Gasteiger partial charge in [0.2, 0.25) is 0 Å². The Labute approximate surface area is 79.8 Å². The Morgan fingerprint density at radius 1 is 1.08 bits per heavy atom. The summed E-state index contributed by atoms with van der Waals surface area (Å²) in [4.78, 5) is 0. The van der Waals surface area contributed by atoms with Crippen LogP contribution in [0.15, 0.2) is 0 Å². The first-order valence-electron chi connectivity index (χ1n) is 4.60. The minimum absolute atomic E-state index is 0.139. The Bertz CT molecular complexity index is 93.6. The van der Waals surface area contributed by atoms with Crippen molar-refractivity contribution in [2.45, 2.75) is 51.9 Å².